The topological polar surface area (TPSA) is 98.6 Å². The van der Waals surface area contributed by atoms with E-state index in [1.165, 1.54) is 0 Å². The maximum atomic E-state index is 12.4. The number of aromatic nitrogens is 4. The van der Waals surface area contributed by atoms with E-state index in [0.717, 1.165) is 62.6 Å². The molecule has 5 heterocycles. The lowest BCUT2D eigenvalue weighted by molar-refractivity contribution is 0.0958. The lowest BCUT2D eigenvalue weighted by Gasteiger charge is -2.37. The van der Waals surface area contributed by atoms with Crippen molar-refractivity contribution in [2.24, 2.45) is 0 Å². The summed E-state index contributed by atoms with van der Waals surface area (Å²) in [5.41, 5.74) is 3.02. The second-order valence-corrected chi connectivity index (χ2v) is 8.79. The van der Waals surface area contributed by atoms with Crippen molar-refractivity contribution in [1.82, 2.24) is 29.8 Å². The van der Waals surface area contributed by atoms with Crippen molar-refractivity contribution < 1.29 is 4.79 Å². The van der Waals surface area contributed by atoms with Gasteiger partial charge in [0.1, 0.15) is 17.0 Å². The summed E-state index contributed by atoms with van der Waals surface area (Å²) < 4.78 is 1.76. The summed E-state index contributed by atoms with van der Waals surface area (Å²) >= 11 is 0. The Morgan fingerprint density at radius 3 is 2.66 bits per heavy atom. The average Bonchev–Trinajstić information content (AvgIpc) is 3.47. The van der Waals surface area contributed by atoms with E-state index in [4.69, 9.17) is 5.10 Å². The Bertz CT molecular complexity index is 1180. The van der Waals surface area contributed by atoms with Crippen molar-refractivity contribution in [2.45, 2.75) is 38.1 Å². The van der Waals surface area contributed by atoms with Crippen molar-refractivity contribution in [1.29, 1.82) is 0 Å². The van der Waals surface area contributed by atoms with Gasteiger partial charge in [0, 0.05) is 44.3 Å². The minimum atomic E-state index is -0.166. The number of aromatic amines is 1. The van der Waals surface area contributed by atoms with Gasteiger partial charge in [-0.3, -0.25) is 14.5 Å². The fourth-order valence-corrected chi connectivity index (χ4v) is 5.00. The molecule has 2 saturated heterocycles. The fraction of sp³-hybridized carbons (Fsp3) is 0.478. The van der Waals surface area contributed by atoms with Crippen LogP contribution in [0.5, 0.6) is 0 Å². The molecule has 0 radical (unpaired) electrons. The third-order valence-corrected chi connectivity index (χ3v) is 6.89. The number of rotatable bonds is 4. The first kappa shape index (κ1) is 20.7. The molecule has 168 valence electrons. The highest BCUT2D eigenvalue weighted by Gasteiger charge is 2.33. The number of anilines is 1. The maximum absolute atomic E-state index is 12.4. The molecule has 0 aliphatic carbocycles. The molecule has 2 N–H and O–H groups in total. The number of nitrogens with one attached hydrogen (secondary N) is 2. The SMILES string of the molecule is CNC(=O)c1ccc(N2CCC(N3CCC(c4nn5c(C)ccc5c(=O)[nH]4)C3)CC2)cn1. The first-order valence-corrected chi connectivity index (χ1v) is 11.3. The van der Waals surface area contributed by atoms with Gasteiger partial charge in [0.25, 0.3) is 11.5 Å². The van der Waals surface area contributed by atoms with E-state index in [-0.39, 0.29) is 17.4 Å². The van der Waals surface area contributed by atoms with E-state index in [1.54, 1.807) is 23.8 Å². The molecule has 9 nitrogen and oxygen atoms in total. The number of nitrogens with zero attached hydrogens (tertiary/aromatic N) is 5. The Kier molecular flexibility index (Phi) is 5.42. The number of pyridine rings is 1. The Morgan fingerprint density at radius 1 is 1.12 bits per heavy atom. The molecule has 2 aliphatic heterocycles. The molecule has 9 heteroatoms. The molecule has 1 atom stereocenters. The minimum absolute atomic E-state index is 0.0640. The third-order valence-electron chi connectivity index (χ3n) is 6.89. The van der Waals surface area contributed by atoms with Gasteiger partial charge in [-0.1, -0.05) is 0 Å². The van der Waals surface area contributed by atoms with Crippen molar-refractivity contribution in [3.8, 4) is 0 Å². The van der Waals surface area contributed by atoms with Crippen LogP contribution < -0.4 is 15.8 Å². The fourth-order valence-electron chi connectivity index (χ4n) is 5.00. The number of fused-ring (bicyclic) bond motifs is 1. The molecule has 5 rings (SSSR count). The molecule has 0 aromatic carbocycles. The van der Waals surface area contributed by atoms with Gasteiger partial charge in [-0.25, -0.2) is 9.50 Å². The van der Waals surface area contributed by atoms with Gasteiger partial charge in [0.2, 0.25) is 0 Å². The number of H-pyrrole nitrogens is 1. The number of aryl methyl sites for hydroxylation is 1. The highest BCUT2D eigenvalue weighted by Crippen LogP contribution is 2.30. The van der Waals surface area contributed by atoms with Crippen LogP contribution in [0.4, 0.5) is 5.69 Å². The van der Waals surface area contributed by atoms with Crippen LogP contribution in [0.25, 0.3) is 5.52 Å². The second kappa shape index (κ2) is 8.38. The summed E-state index contributed by atoms with van der Waals surface area (Å²) in [7, 11) is 1.61. The molecule has 3 aromatic heterocycles. The quantitative estimate of drug-likeness (QED) is 0.645. The number of amides is 1. The van der Waals surface area contributed by atoms with E-state index in [0.29, 0.717) is 17.3 Å². The van der Waals surface area contributed by atoms with Crippen LogP contribution in [-0.2, 0) is 0 Å². The summed E-state index contributed by atoms with van der Waals surface area (Å²) in [6.45, 7) is 5.87. The largest absolute Gasteiger partial charge is 0.370 e. The van der Waals surface area contributed by atoms with Crippen molar-refractivity contribution in [3.05, 3.63) is 58.0 Å². The molecule has 0 bridgehead atoms. The van der Waals surface area contributed by atoms with Crippen LogP contribution in [0.2, 0.25) is 0 Å². The van der Waals surface area contributed by atoms with Crippen LogP contribution >= 0.6 is 0 Å². The highest BCUT2D eigenvalue weighted by molar-refractivity contribution is 5.92. The monoisotopic (exact) mass is 435 g/mol. The van der Waals surface area contributed by atoms with Crippen LogP contribution in [0, 0.1) is 6.92 Å². The molecule has 2 aliphatic rings. The number of carbonyl (C=O) groups is 1. The van der Waals surface area contributed by atoms with Crippen LogP contribution in [0.1, 0.15) is 47.2 Å². The van der Waals surface area contributed by atoms with Gasteiger partial charge in [-0.2, -0.15) is 5.10 Å². The minimum Gasteiger partial charge on any atom is -0.370 e. The first-order chi connectivity index (χ1) is 15.5. The van der Waals surface area contributed by atoms with E-state index in [9.17, 15) is 9.59 Å². The van der Waals surface area contributed by atoms with Crippen LogP contribution in [0.15, 0.2) is 35.3 Å². The molecule has 2 fully saturated rings. The van der Waals surface area contributed by atoms with E-state index in [2.05, 4.69) is 25.1 Å². The zero-order valence-electron chi connectivity index (χ0n) is 18.5. The van der Waals surface area contributed by atoms with Gasteiger partial charge >= 0.3 is 0 Å². The summed E-state index contributed by atoms with van der Waals surface area (Å²) in [5.74, 6) is 0.887. The van der Waals surface area contributed by atoms with Gasteiger partial charge in [0.15, 0.2) is 0 Å². The lowest BCUT2D eigenvalue weighted by Crippen LogP contribution is -2.44. The summed E-state index contributed by atoms with van der Waals surface area (Å²) in [6.07, 6.45) is 4.98. The number of carbonyl (C=O) groups excluding carboxylic acids is 1. The number of likely N-dealkylation sites (tertiary alicyclic amines) is 1. The number of piperidine rings is 1. The molecule has 0 saturated carbocycles. The highest BCUT2D eigenvalue weighted by atomic mass is 16.1. The zero-order valence-corrected chi connectivity index (χ0v) is 18.5. The Hall–Kier alpha value is -3.20. The van der Waals surface area contributed by atoms with Crippen molar-refractivity contribution in [3.63, 3.8) is 0 Å². The lowest BCUT2D eigenvalue weighted by atomic mass is 10.0. The van der Waals surface area contributed by atoms with Gasteiger partial charge in [-0.15, -0.1) is 0 Å². The van der Waals surface area contributed by atoms with Gasteiger partial charge in [-0.05, 0) is 57.0 Å². The maximum Gasteiger partial charge on any atom is 0.275 e. The van der Waals surface area contributed by atoms with E-state index < -0.39 is 0 Å². The van der Waals surface area contributed by atoms with E-state index in [1.807, 2.05) is 25.1 Å². The first-order valence-electron chi connectivity index (χ1n) is 11.3. The molecule has 1 amide bonds. The third kappa shape index (κ3) is 3.77. The van der Waals surface area contributed by atoms with Crippen molar-refractivity contribution in [2.75, 3.05) is 38.1 Å². The normalized spacial score (nSPS) is 20.2. The zero-order chi connectivity index (χ0) is 22.2. The molecule has 0 spiro atoms. The predicted molar refractivity (Wildman–Crippen MR) is 122 cm³/mol. The Morgan fingerprint density at radius 2 is 1.94 bits per heavy atom. The molecule has 3 aromatic rings. The van der Waals surface area contributed by atoms with E-state index >= 15 is 0 Å². The molecular weight excluding hydrogens is 406 g/mol. The second-order valence-electron chi connectivity index (χ2n) is 8.79. The van der Waals surface area contributed by atoms with Gasteiger partial charge < -0.3 is 15.2 Å². The van der Waals surface area contributed by atoms with Crippen LogP contribution in [0.3, 0.4) is 0 Å². The van der Waals surface area contributed by atoms with Crippen molar-refractivity contribution >= 4 is 17.1 Å². The number of hydrogen-bond donors (Lipinski definition) is 2. The predicted octanol–water partition coefficient (Wildman–Crippen LogP) is 1.54. The standard InChI is InChI=1S/C23H29N7O2/c1-15-3-6-20-23(32)26-21(27-30(15)20)16-7-10-29(14-16)17-8-11-28(12-9-17)18-4-5-19(25-13-18)22(31)24-2/h3-6,13,16-17H,7-12,14H2,1-2H3,(H,24,31)(H,26,27,32). The molecule has 1 unspecified atom stereocenters. The smallest absolute Gasteiger partial charge is 0.275 e. The Balaban J connectivity index is 1.21. The number of hydrogen-bond acceptors (Lipinski definition) is 6. The summed E-state index contributed by atoms with van der Waals surface area (Å²) in [6, 6.07) is 8.05. The van der Waals surface area contributed by atoms with Gasteiger partial charge in [0.05, 0.1) is 11.9 Å². The summed E-state index contributed by atoms with van der Waals surface area (Å²) in [5, 5.41) is 7.33. The van der Waals surface area contributed by atoms with Crippen LogP contribution in [-0.4, -0.2) is 69.7 Å². The summed E-state index contributed by atoms with van der Waals surface area (Å²) in [4.78, 5) is 36.3. The Labute approximate surface area is 186 Å². The molecular formula is C23H29N7O2. The average molecular weight is 436 g/mol. The molecule has 32 heavy (non-hydrogen) atoms.